The highest BCUT2D eigenvalue weighted by Crippen LogP contribution is 2.44. The Hall–Kier alpha value is -1.73. The molecule has 6 heteroatoms. The standard InChI is InChI=1S/C19H23NO4S/c1-15-9-11-18(12-10-15)25(21,22)20-13-19(16(20)2,24-14-23-3)17-7-5-4-6-8-17/h4-12,16H,13-14H2,1-3H3/t16-,19+/m1/s1. The van der Waals surface area contributed by atoms with Gasteiger partial charge in [-0.3, -0.25) is 0 Å². The van der Waals surface area contributed by atoms with Gasteiger partial charge in [0.05, 0.1) is 10.9 Å². The van der Waals surface area contributed by atoms with Gasteiger partial charge in [-0.15, -0.1) is 0 Å². The largest absolute Gasteiger partial charge is 0.359 e. The van der Waals surface area contributed by atoms with Crippen molar-refractivity contribution in [3.63, 3.8) is 0 Å². The molecule has 1 aliphatic heterocycles. The Kier molecular flexibility index (Phi) is 4.97. The van der Waals surface area contributed by atoms with Gasteiger partial charge in [0.15, 0.2) is 0 Å². The molecular weight excluding hydrogens is 338 g/mol. The summed E-state index contributed by atoms with van der Waals surface area (Å²) in [7, 11) is -2.00. The molecular formula is C19H23NO4S. The van der Waals surface area contributed by atoms with Gasteiger partial charge in [0.1, 0.15) is 12.4 Å². The molecule has 1 heterocycles. The fraction of sp³-hybridized carbons (Fsp3) is 0.368. The first-order chi connectivity index (χ1) is 11.9. The minimum atomic E-state index is -3.56. The monoisotopic (exact) mass is 361 g/mol. The SMILES string of the molecule is COCO[C@@]1(c2ccccc2)CN(S(=O)(=O)c2ccc(C)cc2)[C@@H]1C. The number of benzene rings is 2. The van der Waals surface area contributed by atoms with Crippen LogP contribution in [0, 0.1) is 6.92 Å². The number of hydrogen-bond acceptors (Lipinski definition) is 4. The van der Waals surface area contributed by atoms with Crippen molar-refractivity contribution < 1.29 is 17.9 Å². The van der Waals surface area contributed by atoms with Crippen LogP contribution in [0.4, 0.5) is 0 Å². The Morgan fingerprint density at radius 1 is 1.12 bits per heavy atom. The van der Waals surface area contributed by atoms with Gasteiger partial charge < -0.3 is 9.47 Å². The summed E-state index contributed by atoms with van der Waals surface area (Å²) < 4.78 is 38.5. The van der Waals surface area contributed by atoms with Crippen molar-refractivity contribution in [1.29, 1.82) is 0 Å². The van der Waals surface area contributed by atoms with Gasteiger partial charge >= 0.3 is 0 Å². The number of nitrogens with zero attached hydrogens (tertiary/aromatic N) is 1. The number of methoxy groups -OCH3 is 1. The molecule has 3 rings (SSSR count). The molecule has 0 aromatic heterocycles. The van der Waals surface area contributed by atoms with E-state index in [1.54, 1.807) is 19.2 Å². The zero-order valence-electron chi connectivity index (χ0n) is 14.7. The van der Waals surface area contributed by atoms with Gasteiger partial charge in [-0.1, -0.05) is 48.0 Å². The maximum Gasteiger partial charge on any atom is 0.243 e. The second-order valence-corrected chi connectivity index (χ2v) is 8.24. The highest BCUT2D eigenvalue weighted by Gasteiger charge is 2.57. The quantitative estimate of drug-likeness (QED) is 0.743. The van der Waals surface area contributed by atoms with Crippen LogP contribution in [-0.4, -0.2) is 39.2 Å². The molecule has 5 nitrogen and oxygen atoms in total. The van der Waals surface area contributed by atoms with Crippen molar-refractivity contribution in [2.45, 2.75) is 30.4 Å². The predicted octanol–water partition coefficient (Wildman–Crippen LogP) is 2.90. The van der Waals surface area contributed by atoms with Gasteiger partial charge in [-0.05, 0) is 31.5 Å². The number of ether oxygens (including phenoxy) is 2. The zero-order chi connectivity index (χ0) is 18.1. The van der Waals surface area contributed by atoms with Crippen molar-refractivity contribution in [2.24, 2.45) is 0 Å². The Bertz CT molecular complexity index is 820. The lowest BCUT2D eigenvalue weighted by Crippen LogP contribution is -2.68. The first-order valence-corrected chi connectivity index (χ1v) is 9.63. The van der Waals surface area contributed by atoms with E-state index < -0.39 is 15.6 Å². The molecule has 25 heavy (non-hydrogen) atoms. The van der Waals surface area contributed by atoms with Crippen LogP contribution < -0.4 is 0 Å². The summed E-state index contributed by atoms with van der Waals surface area (Å²) in [6.45, 7) is 4.18. The second-order valence-electron chi connectivity index (χ2n) is 6.35. The average molecular weight is 361 g/mol. The summed E-state index contributed by atoms with van der Waals surface area (Å²) in [5, 5.41) is 0. The first kappa shape index (κ1) is 18.1. The van der Waals surface area contributed by atoms with Crippen LogP contribution in [0.5, 0.6) is 0 Å². The van der Waals surface area contributed by atoms with Crippen LogP contribution in [0.25, 0.3) is 0 Å². The van der Waals surface area contributed by atoms with Crippen molar-refractivity contribution in [3.05, 3.63) is 65.7 Å². The van der Waals surface area contributed by atoms with Crippen molar-refractivity contribution in [1.82, 2.24) is 4.31 Å². The van der Waals surface area contributed by atoms with E-state index in [2.05, 4.69) is 0 Å². The van der Waals surface area contributed by atoms with Crippen molar-refractivity contribution in [3.8, 4) is 0 Å². The van der Waals surface area contributed by atoms with Gasteiger partial charge in [0.25, 0.3) is 0 Å². The highest BCUT2D eigenvalue weighted by molar-refractivity contribution is 7.89. The summed E-state index contributed by atoms with van der Waals surface area (Å²) in [5.41, 5.74) is 1.28. The minimum absolute atomic E-state index is 0.109. The maximum absolute atomic E-state index is 13.0. The number of sulfonamides is 1. The van der Waals surface area contributed by atoms with E-state index in [1.807, 2.05) is 56.3 Å². The Balaban J connectivity index is 1.91. The number of hydrogen-bond donors (Lipinski definition) is 0. The molecule has 2 aromatic rings. The summed E-state index contributed by atoms with van der Waals surface area (Å²) in [6, 6.07) is 16.3. The lowest BCUT2D eigenvalue weighted by atomic mass is 9.80. The maximum atomic E-state index is 13.0. The highest BCUT2D eigenvalue weighted by atomic mass is 32.2. The van der Waals surface area contributed by atoms with Gasteiger partial charge in [0, 0.05) is 13.7 Å². The summed E-state index contributed by atoms with van der Waals surface area (Å²) in [5.74, 6) is 0. The van der Waals surface area contributed by atoms with Gasteiger partial charge in [-0.25, -0.2) is 8.42 Å². The Morgan fingerprint density at radius 3 is 2.32 bits per heavy atom. The molecule has 0 saturated carbocycles. The van der Waals surface area contributed by atoms with Gasteiger partial charge in [0.2, 0.25) is 10.0 Å². The van der Waals surface area contributed by atoms with E-state index in [4.69, 9.17) is 9.47 Å². The first-order valence-electron chi connectivity index (χ1n) is 8.19. The van der Waals surface area contributed by atoms with E-state index in [1.165, 1.54) is 4.31 Å². The van der Waals surface area contributed by atoms with Gasteiger partial charge in [-0.2, -0.15) is 4.31 Å². The Labute approximate surface area is 149 Å². The van der Waals surface area contributed by atoms with E-state index in [0.717, 1.165) is 11.1 Å². The van der Waals surface area contributed by atoms with E-state index >= 15 is 0 Å². The van der Waals surface area contributed by atoms with E-state index in [-0.39, 0.29) is 19.4 Å². The number of rotatable bonds is 6. The lowest BCUT2D eigenvalue weighted by molar-refractivity contribution is -0.206. The van der Waals surface area contributed by atoms with Crippen LogP contribution in [0.15, 0.2) is 59.5 Å². The molecule has 0 unspecified atom stereocenters. The zero-order valence-corrected chi connectivity index (χ0v) is 15.5. The van der Waals surface area contributed by atoms with E-state index in [0.29, 0.717) is 4.90 Å². The fourth-order valence-corrected chi connectivity index (χ4v) is 4.93. The van der Waals surface area contributed by atoms with Crippen LogP contribution in [0.2, 0.25) is 0 Å². The normalized spacial score (nSPS) is 24.0. The summed E-state index contributed by atoms with van der Waals surface area (Å²) >= 11 is 0. The molecule has 0 N–H and O–H groups in total. The third-order valence-corrected chi connectivity index (χ3v) is 6.75. The second kappa shape index (κ2) is 6.88. The summed E-state index contributed by atoms with van der Waals surface area (Å²) in [4.78, 5) is 0.304. The van der Waals surface area contributed by atoms with Crippen LogP contribution in [0.1, 0.15) is 18.1 Å². The molecule has 1 aliphatic rings. The van der Waals surface area contributed by atoms with Crippen LogP contribution in [0.3, 0.4) is 0 Å². The van der Waals surface area contributed by atoms with Crippen LogP contribution in [-0.2, 0) is 25.1 Å². The molecule has 1 fully saturated rings. The third kappa shape index (κ3) is 3.11. The van der Waals surface area contributed by atoms with Crippen molar-refractivity contribution >= 4 is 10.0 Å². The van der Waals surface area contributed by atoms with Crippen molar-refractivity contribution in [2.75, 3.05) is 20.4 Å². The fourth-order valence-electron chi connectivity index (χ4n) is 3.23. The van der Waals surface area contributed by atoms with Crippen LogP contribution >= 0.6 is 0 Å². The average Bonchev–Trinajstić information content (AvgIpc) is 2.62. The minimum Gasteiger partial charge on any atom is -0.359 e. The molecule has 0 amide bonds. The third-order valence-electron chi connectivity index (χ3n) is 4.82. The lowest BCUT2D eigenvalue weighted by Gasteiger charge is -2.54. The number of aryl methyl sites for hydroxylation is 1. The molecule has 0 spiro atoms. The Morgan fingerprint density at radius 2 is 1.76 bits per heavy atom. The van der Waals surface area contributed by atoms with E-state index in [9.17, 15) is 8.42 Å². The molecule has 2 aromatic carbocycles. The molecule has 134 valence electrons. The predicted molar refractivity (Wildman–Crippen MR) is 95.6 cm³/mol. The molecule has 0 aliphatic carbocycles. The molecule has 2 atom stereocenters. The summed E-state index contributed by atoms with van der Waals surface area (Å²) in [6.07, 6.45) is 0. The smallest absolute Gasteiger partial charge is 0.243 e. The molecule has 0 bridgehead atoms. The topological polar surface area (TPSA) is 55.8 Å². The molecule has 1 saturated heterocycles. The molecule has 0 radical (unpaired) electrons.